The molecule has 0 amide bonds. The predicted octanol–water partition coefficient (Wildman–Crippen LogP) is 1.77. The van der Waals surface area contributed by atoms with Gasteiger partial charge in [-0.3, -0.25) is 4.79 Å². The standard InChI is InChI=1S/C18H30O5/c1-15(2,3)7-13(8-19)14(20)23-18-6-12-4-16(21,10-18)9-17(22,5-12)11-18/h12-13,19,21-22H,4-11H2,1-3H3. The first-order valence-electron chi connectivity index (χ1n) is 8.74. The van der Waals surface area contributed by atoms with E-state index in [-0.39, 0.29) is 17.9 Å². The first kappa shape index (κ1) is 17.2. The topological polar surface area (TPSA) is 87.0 Å². The summed E-state index contributed by atoms with van der Waals surface area (Å²) in [6, 6.07) is 0. The molecular weight excluding hydrogens is 296 g/mol. The second kappa shape index (κ2) is 5.17. The fourth-order valence-corrected chi connectivity index (χ4v) is 5.62. The molecule has 4 fully saturated rings. The number of ether oxygens (including phenoxy) is 1. The molecule has 5 heteroatoms. The van der Waals surface area contributed by atoms with Crippen molar-refractivity contribution in [3.63, 3.8) is 0 Å². The number of aliphatic hydroxyl groups is 3. The van der Waals surface area contributed by atoms with Crippen molar-refractivity contribution >= 4 is 5.97 Å². The van der Waals surface area contributed by atoms with Gasteiger partial charge in [0.25, 0.3) is 0 Å². The summed E-state index contributed by atoms with van der Waals surface area (Å²) in [6.07, 6.45) is 3.88. The van der Waals surface area contributed by atoms with E-state index in [1.165, 1.54) is 0 Å². The lowest BCUT2D eigenvalue weighted by Crippen LogP contribution is -2.67. The number of esters is 1. The summed E-state index contributed by atoms with van der Waals surface area (Å²) < 4.78 is 5.86. The summed E-state index contributed by atoms with van der Waals surface area (Å²) in [7, 11) is 0. The van der Waals surface area contributed by atoms with Gasteiger partial charge in [0.05, 0.1) is 23.7 Å². The predicted molar refractivity (Wildman–Crippen MR) is 84.6 cm³/mol. The number of rotatable bonds is 4. The van der Waals surface area contributed by atoms with Crippen LogP contribution < -0.4 is 0 Å². The maximum absolute atomic E-state index is 12.6. The Morgan fingerprint density at radius 3 is 2.13 bits per heavy atom. The molecule has 0 radical (unpaired) electrons. The van der Waals surface area contributed by atoms with Crippen molar-refractivity contribution < 1.29 is 24.9 Å². The van der Waals surface area contributed by atoms with Crippen LogP contribution >= 0.6 is 0 Å². The van der Waals surface area contributed by atoms with Crippen molar-refractivity contribution in [3.8, 4) is 0 Å². The van der Waals surface area contributed by atoms with Crippen LogP contribution in [0.25, 0.3) is 0 Å². The largest absolute Gasteiger partial charge is 0.459 e. The van der Waals surface area contributed by atoms with E-state index in [4.69, 9.17) is 4.74 Å². The average Bonchev–Trinajstić information content (AvgIpc) is 2.29. The van der Waals surface area contributed by atoms with Gasteiger partial charge in [-0.2, -0.15) is 0 Å². The normalized spacial score (nSPS) is 43.5. The van der Waals surface area contributed by atoms with E-state index < -0.39 is 28.7 Å². The number of carbonyl (C=O) groups excluding carboxylic acids is 1. The van der Waals surface area contributed by atoms with Crippen LogP contribution in [0.1, 0.15) is 65.7 Å². The molecule has 0 aromatic rings. The third-order valence-corrected chi connectivity index (χ3v) is 5.69. The molecule has 4 aliphatic carbocycles. The Bertz CT molecular complexity index is 476. The maximum atomic E-state index is 12.6. The highest BCUT2D eigenvalue weighted by Crippen LogP contribution is 2.60. The Morgan fingerprint density at radius 2 is 1.70 bits per heavy atom. The van der Waals surface area contributed by atoms with Crippen molar-refractivity contribution in [2.24, 2.45) is 17.3 Å². The zero-order chi connectivity index (χ0) is 17.1. The highest BCUT2D eigenvalue weighted by atomic mass is 16.6. The summed E-state index contributed by atoms with van der Waals surface area (Å²) in [6.45, 7) is 5.85. The molecule has 4 saturated carbocycles. The Kier molecular flexibility index (Phi) is 3.86. The Hall–Kier alpha value is -0.650. The molecule has 5 nitrogen and oxygen atoms in total. The van der Waals surface area contributed by atoms with E-state index in [1.807, 2.05) is 20.8 Å². The van der Waals surface area contributed by atoms with Crippen LogP contribution in [0.15, 0.2) is 0 Å². The van der Waals surface area contributed by atoms with E-state index in [1.54, 1.807) is 0 Å². The van der Waals surface area contributed by atoms with Gasteiger partial charge in [-0.25, -0.2) is 0 Å². The first-order chi connectivity index (χ1) is 10.5. The lowest BCUT2D eigenvalue weighted by Gasteiger charge is -2.62. The van der Waals surface area contributed by atoms with Crippen molar-refractivity contribution in [1.29, 1.82) is 0 Å². The van der Waals surface area contributed by atoms with Gasteiger partial charge in [0.1, 0.15) is 5.60 Å². The number of carbonyl (C=O) groups is 1. The second-order valence-corrected chi connectivity index (χ2v) is 9.71. The van der Waals surface area contributed by atoms with Crippen LogP contribution in [-0.4, -0.2) is 44.7 Å². The molecule has 3 unspecified atom stereocenters. The zero-order valence-corrected chi connectivity index (χ0v) is 14.5. The van der Waals surface area contributed by atoms with Gasteiger partial charge in [-0.15, -0.1) is 0 Å². The van der Waals surface area contributed by atoms with Crippen LogP contribution in [0.3, 0.4) is 0 Å². The fraction of sp³-hybridized carbons (Fsp3) is 0.944. The molecule has 0 aromatic heterocycles. The Morgan fingerprint density at radius 1 is 1.13 bits per heavy atom. The fourth-order valence-electron chi connectivity index (χ4n) is 5.62. The average molecular weight is 326 g/mol. The van der Waals surface area contributed by atoms with Gasteiger partial charge in [0.2, 0.25) is 0 Å². The molecule has 3 atom stereocenters. The minimum Gasteiger partial charge on any atom is -0.459 e. The minimum atomic E-state index is -0.910. The maximum Gasteiger partial charge on any atom is 0.311 e. The highest BCUT2D eigenvalue weighted by molar-refractivity contribution is 5.73. The summed E-state index contributed by atoms with van der Waals surface area (Å²) in [5.41, 5.74) is -2.66. The van der Waals surface area contributed by atoms with Gasteiger partial charge in [-0.1, -0.05) is 20.8 Å². The molecule has 0 aliphatic heterocycles. The Balaban J connectivity index is 1.75. The molecule has 132 valence electrons. The molecule has 3 N–H and O–H groups in total. The molecule has 4 aliphatic rings. The van der Waals surface area contributed by atoms with Gasteiger partial charge in [0, 0.05) is 19.3 Å². The van der Waals surface area contributed by atoms with Gasteiger partial charge in [0.15, 0.2) is 0 Å². The number of hydrogen-bond donors (Lipinski definition) is 3. The van der Waals surface area contributed by atoms with E-state index in [0.29, 0.717) is 38.5 Å². The van der Waals surface area contributed by atoms with Crippen LogP contribution in [0, 0.1) is 17.3 Å². The zero-order valence-electron chi connectivity index (χ0n) is 14.5. The number of hydrogen-bond acceptors (Lipinski definition) is 5. The molecule has 0 saturated heterocycles. The van der Waals surface area contributed by atoms with Crippen LogP contribution in [0.4, 0.5) is 0 Å². The van der Waals surface area contributed by atoms with Crippen molar-refractivity contribution in [2.45, 2.75) is 82.5 Å². The minimum absolute atomic E-state index is 0.0791. The summed E-state index contributed by atoms with van der Waals surface area (Å²) in [5.74, 6) is -0.729. The smallest absolute Gasteiger partial charge is 0.311 e. The van der Waals surface area contributed by atoms with Crippen molar-refractivity contribution in [1.82, 2.24) is 0 Å². The quantitative estimate of drug-likeness (QED) is 0.686. The second-order valence-electron chi connectivity index (χ2n) is 9.71. The molecule has 0 heterocycles. The van der Waals surface area contributed by atoms with Crippen molar-refractivity contribution in [2.75, 3.05) is 6.61 Å². The number of aliphatic hydroxyl groups excluding tert-OH is 1. The van der Waals surface area contributed by atoms with E-state index >= 15 is 0 Å². The summed E-state index contributed by atoms with van der Waals surface area (Å²) >= 11 is 0. The molecule has 4 bridgehead atoms. The molecule has 0 spiro atoms. The van der Waals surface area contributed by atoms with E-state index in [2.05, 4.69) is 0 Å². The van der Waals surface area contributed by atoms with Crippen molar-refractivity contribution in [3.05, 3.63) is 0 Å². The molecule has 23 heavy (non-hydrogen) atoms. The van der Waals surface area contributed by atoms with Gasteiger partial charge < -0.3 is 20.1 Å². The lowest BCUT2D eigenvalue weighted by molar-refractivity contribution is -0.263. The Labute approximate surface area is 138 Å². The third-order valence-electron chi connectivity index (χ3n) is 5.69. The summed E-state index contributed by atoms with van der Waals surface area (Å²) in [4.78, 5) is 12.6. The molecule has 0 aromatic carbocycles. The molecular formula is C18H30O5. The van der Waals surface area contributed by atoms with Gasteiger partial charge in [-0.05, 0) is 37.0 Å². The monoisotopic (exact) mass is 326 g/mol. The van der Waals surface area contributed by atoms with E-state index in [9.17, 15) is 20.1 Å². The van der Waals surface area contributed by atoms with E-state index in [0.717, 1.165) is 6.42 Å². The van der Waals surface area contributed by atoms with Crippen LogP contribution in [0.5, 0.6) is 0 Å². The van der Waals surface area contributed by atoms with Crippen LogP contribution in [0.2, 0.25) is 0 Å². The third kappa shape index (κ3) is 3.42. The van der Waals surface area contributed by atoms with Gasteiger partial charge >= 0.3 is 5.97 Å². The lowest BCUT2D eigenvalue weighted by atomic mass is 9.50. The molecule has 4 rings (SSSR count). The SMILES string of the molecule is CC(C)(C)CC(CO)C(=O)OC12CC3CC(O)(CC(O)(C3)C1)C2. The van der Waals surface area contributed by atoms with Crippen LogP contribution in [-0.2, 0) is 9.53 Å². The first-order valence-corrected chi connectivity index (χ1v) is 8.74. The highest BCUT2D eigenvalue weighted by Gasteiger charge is 2.64. The summed E-state index contributed by atoms with van der Waals surface area (Å²) in [5, 5.41) is 31.0.